The van der Waals surface area contributed by atoms with E-state index in [4.69, 9.17) is 9.47 Å². The maximum absolute atomic E-state index is 12.8. The molecular formula is C24H23N3O10. The number of carbonyl (C=O) groups is 5. The number of non-ortho nitro benzene ring substituents is 1. The van der Waals surface area contributed by atoms with Gasteiger partial charge in [-0.2, -0.15) is 0 Å². The lowest BCUT2D eigenvalue weighted by atomic mass is 10.1. The lowest BCUT2D eigenvalue weighted by Crippen LogP contribution is -2.50. The van der Waals surface area contributed by atoms with Crippen LogP contribution in [0.2, 0.25) is 0 Å². The van der Waals surface area contributed by atoms with E-state index in [0.29, 0.717) is 5.56 Å². The molecule has 1 aliphatic rings. The number of imide groups is 1. The average Bonchev–Trinajstić information content (AvgIpc) is 3.15. The number of benzene rings is 2. The zero-order chi connectivity index (χ0) is 27.1. The second kappa shape index (κ2) is 11.9. The standard InChI is InChI=1S/C24H23N3O10/c1-35-23(31)18(25-20(28)11-14-7-9-15(10-8-14)27(33)34)12-37-13-19(24(32)36-2)26-21(29)16-5-3-4-6-17(16)22(26)30/h3-10,18-19H,11-13H2,1-2H3,(H,25,28). The molecule has 0 aromatic heterocycles. The van der Waals surface area contributed by atoms with Crippen LogP contribution >= 0.6 is 0 Å². The number of amides is 3. The summed E-state index contributed by atoms with van der Waals surface area (Å²) in [6.45, 7) is -0.959. The van der Waals surface area contributed by atoms with E-state index < -0.39 is 59.9 Å². The van der Waals surface area contributed by atoms with Crippen molar-refractivity contribution >= 4 is 35.3 Å². The monoisotopic (exact) mass is 513 g/mol. The molecule has 3 rings (SSSR count). The molecule has 1 aliphatic heterocycles. The third kappa shape index (κ3) is 6.13. The number of nitro groups is 1. The van der Waals surface area contributed by atoms with Crippen LogP contribution in [-0.4, -0.2) is 79.0 Å². The molecule has 0 saturated heterocycles. The van der Waals surface area contributed by atoms with Crippen molar-refractivity contribution in [3.05, 3.63) is 75.3 Å². The van der Waals surface area contributed by atoms with Crippen molar-refractivity contribution in [1.29, 1.82) is 0 Å². The highest BCUT2D eigenvalue weighted by atomic mass is 16.6. The Balaban J connectivity index is 1.65. The van der Waals surface area contributed by atoms with E-state index in [1.807, 2.05) is 0 Å². The van der Waals surface area contributed by atoms with Crippen LogP contribution in [0.4, 0.5) is 5.69 Å². The first-order valence-electron chi connectivity index (χ1n) is 10.9. The molecule has 2 aromatic carbocycles. The Morgan fingerprint density at radius 3 is 2.00 bits per heavy atom. The van der Waals surface area contributed by atoms with Crippen LogP contribution in [0.3, 0.4) is 0 Å². The van der Waals surface area contributed by atoms with Gasteiger partial charge in [0.1, 0.15) is 0 Å². The molecule has 37 heavy (non-hydrogen) atoms. The molecule has 1 heterocycles. The number of rotatable bonds is 11. The first-order chi connectivity index (χ1) is 17.7. The first kappa shape index (κ1) is 26.9. The Morgan fingerprint density at radius 2 is 1.49 bits per heavy atom. The molecule has 194 valence electrons. The maximum Gasteiger partial charge on any atom is 0.331 e. The van der Waals surface area contributed by atoms with Gasteiger partial charge in [0.05, 0.1) is 49.9 Å². The molecule has 3 amide bonds. The van der Waals surface area contributed by atoms with Crippen LogP contribution in [0.5, 0.6) is 0 Å². The summed E-state index contributed by atoms with van der Waals surface area (Å²) < 4.78 is 14.9. The van der Waals surface area contributed by atoms with Gasteiger partial charge in [0.25, 0.3) is 17.5 Å². The number of esters is 2. The molecule has 0 saturated carbocycles. The largest absolute Gasteiger partial charge is 0.467 e. The molecule has 0 spiro atoms. The summed E-state index contributed by atoms with van der Waals surface area (Å²) in [5, 5.41) is 13.2. The lowest BCUT2D eigenvalue weighted by molar-refractivity contribution is -0.384. The number of nitrogens with zero attached hydrogens (tertiary/aromatic N) is 2. The summed E-state index contributed by atoms with van der Waals surface area (Å²) in [6.07, 6.45) is -0.189. The number of hydrogen-bond acceptors (Lipinski definition) is 10. The Bertz CT molecular complexity index is 1190. The van der Waals surface area contributed by atoms with E-state index in [9.17, 15) is 34.1 Å². The normalized spacial score (nSPS) is 13.9. The van der Waals surface area contributed by atoms with Gasteiger partial charge in [-0.25, -0.2) is 9.59 Å². The minimum Gasteiger partial charge on any atom is -0.467 e. The van der Waals surface area contributed by atoms with Gasteiger partial charge in [-0.05, 0) is 17.7 Å². The topological polar surface area (TPSA) is 171 Å². The average molecular weight is 513 g/mol. The number of fused-ring (bicyclic) bond motifs is 1. The molecule has 1 N–H and O–H groups in total. The minimum atomic E-state index is -1.44. The maximum atomic E-state index is 12.8. The first-order valence-corrected chi connectivity index (χ1v) is 10.9. The second-order valence-corrected chi connectivity index (χ2v) is 7.85. The van der Waals surface area contributed by atoms with E-state index in [1.165, 1.54) is 36.4 Å². The minimum absolute atomic E-state index is 0.132. The van der Waals surface area contributed by atoms with Gasteiger partial charge in [0.15, 0.2) is 12.1 Å². The van der Waals surface area contributed by atoms with Crippen LogP contribution in [0.15, 0.2) is 48.5 Å². The molecule has 2 aromatic rings. The van der Waals surface area contributed by atoms with Crippen molar-refractivity contribution in [1.82, 2.24) is 10.2 Å². The number of ether oxygens (including phenoxy) is 3. The summed E-state index contributed by atoms with van der Waals surface area (Å²) in [5.41, 5.74) is 0.590. The predicted molar refractivity (Wildman–Crippen MR) is 124 cm³/mol. The SMILES string of the molecule is COC(=O)C(COCC(C(=O)OC)N1C(=O)c2ccccc2C1=O)NC(=O)Cc1ccc([N+](=O)[O-])cc1. The fourth-order valence-electron chi connectivity index (χ4n) is 3.65. The molecule has 13 nitrogen and oxygen atoms in total. The van der Waals surface area contributed by atoms with Crippen molar-refractivity contribution in [2.24, 2.45) is 0 Å². The Hall–Kier alpha value is -4.65. The van der Waals surface area contributed by atoms with Crippen LogP contribution in [0.1, 0.15) is 26.3 Å². The molecule has 0 bridgehead atoms. The van der Waals surface area contributed by atoms with E-state index in [0.717, 1.165) is 19.1 Å². The number of carbonyl (C=O) groups excluding carboxylic acids is 5. The van der Waals surface area contributed by atoms with Crippen LogP contribution in [-0.2, 0) is 35.0 Å². The Kier molecular flexibility index (Phi) is 8.64. The predicted octanol–water partition coefficient (Wildman–Crippen LogP) is 0.650. The van der Waals surface area contributed by atoms with Crippen molar-refractivity contribution < 1.29 is 43.1 Å². The highest BCUT2D eigenvalue weighted by Gasteiger charge is 2.43. The van der Waals surface area contributed by atoms with Gasteiger partial charge in [-0.1, -0.05) is 24.3 Å². The summed E-state index contributed by atoms with van der Waals surface area (Å²) in [6, 6.07) is 8.66. The molecule has 0 aliphatic carbocycles. The molecule has 0 fully saturated rings. The quantitative estimate of drug-likeness (QED) is 0.195. The van der Waals surface area contributed by atoms with Crippen LogP contribution < -0.4 is 5.32 Å². The summed E-state index contributed by atoms with van der Waals surface area (Å²) in [7, 11) is 2.19. The van der Waals surface area contributed by atoms with E-state index in [2.05, 4.69) is 10.1 Å². The smallest absolute Gasteiger partial charge is 0.331 e. The van der Waals surface area contributed by atoms with Gasteiger partial charge in [-0.3, -0.25) is 29.4 Å². The van der Waals surface area contributed by atoms with E-state index >= 15 is 0 Å². The zero-order valence-electron chi connectivity index (χ0n) is 19.9. The number of methoxy groups -OCH3 is 2. The number of nitro benzene ring substituents is 1. The second-order valence-electron chi connectivity index (χ2n) is 7.85. The van der Waals surface area contributed by atoms with E-state index in [1.54, 1.807) is 12.1 Å². The van der Waals surface area contributed by atoms with Gasteiger partial charge >= 0.3 is 11.9 Å². The Labute approximate surface area is 210 Å². The summed E-state index contributed by atoms with van der Waals surface area (Å²) >= 11 is 0. The number of hydrogen-bond donors (Lipinski definition) is 1. The highest BCUT2D eigenvalue weighted by molar-refractivity contribution is 6.22. The molecule has 2 atom stereocenters. The molecule has 2 unspecified atom stereocenters. The molecule has 13 heteroatoms. The zero-order valence-corrected chi connectivity index (χ0v) is 19.9. The van der Waals surface area contributed by atoms with Crippen LogP contribution in [0, 0.1) is 10.1 Å². The molecular weight excluding hydrogens is 490 g/mol. The fourth-order valence-corrected chi connectivity index (χ4v) is 3.65. The van der Waals surface area contributed by atoms with Gasteiger partial charge in [0, 0.05) is 12.1 Å². The lowest BCUT2D eigenvalue weighted by Gasteiger charge is -2.24. The number of nitrogens with one attached hydrogen (secondary N) is 1. The van der Waals surface area contributed by atoms with Crippen molar-refractivity contribution in [3.63, 3.8) is 0 Å². The van der Waals surface area contributed by atoms with Crippen molar-refractivity contribution in [3.8, 4) is 0 Å². The van der Waals surface area contributed by atoms with Crippen molar-refractivity contribution in [2.75, 3.05) is 27.4 Å². The van der Waals surface area contributed by atoms with E-state index in [-0.39, 0.29) is 23.2 Å². The third-order valence-corrected chi connectivity index (χ3v) is 5.50. The van der Waals surface area contributed by atoms with Crippen LogP contribution in [0.25, 0.3) is 0 Å². The van der Waals surface area contributed by atoms with Crippen molar-refractivity contribution in [2.45, 2.75) is 18.5 Å². The van der Waals surface area contributed by atoms with Gasteiger partial charge in [-0.15, -0.1) is 0 Å². The molecule has 0 radical (unpaired) electrons. The summed E-state index contributed by atoms with van der Waals surface area (Å²) in [4.78, 5) is 73.5. The Morgan fingerprint density at radius 1 is 0.919 bits per heavy atom. The summed E-state index contributed by atoms with van der Waals surface area (Å²) in [5.74, 6) is -3.74. The fraction of sp³-hybridized carbons (Fsp3) is 0.292. The van der Waals surface area contributed by atoms with Gasteiger partial charge < -0.3 is 19.5 Å². The highest BCUT2D eigenvalue weighted by Crippen LogP contribution is 2.25. The third-order valence-electron chi connectivity index (χ3n) is 5.50. The van der Waals surface area contributed by atoms with Gasteiger partial charge in [0.2, 0.25) is 5.91 Å².